The SMILES string of the molecule is CC(Br)C(=O)N[C@@H](COCc1ccccc1)C(=O)O. The van der Waals surface area contributed by atoms with Gasteiger partial charge in [0.25, 0.3) is 0 Å². The molecule has 1 aromatic rings. The lowest BCUT2D eigenvalue weighted by Crippen LogP contribution is -2.46. The first kappa shape index (κ1) is 15.7. The molecular formula is C13H16BrNO4. The van der Waals surface area contributed by atoms with Gasteiger partial charge < -0.3 is 15.2 Å². The van der Waals surface area contributed by atoms with Gasteiger partial charge in [0.15, 0.2) is 6.04 Å². The summed E-state index contributed by atoms with van der Waals surface area (Å²) in [6.07, 6.45) is 0. The number of alkyl halides is 1. The first-order valence-electron chi connectivity index (χ1n) is 5.79. The molecule has 0 aliphatic carbocycles. The first-order chi connectivity index (χ1) is 9.00. The van der Waals surface area contributed by atoms with E-state index in [1.165, 1.54) is 0 Å². The van der Waals surface area contributed by atoms with Crippen molar-refractivity contribution in [3.8, 4) is 0 Å². The van der Waals surface area contributed by atoms with Gasteiger partial charge in [0.2, 0.25) is 5.91 Å². The summed E-state index contributed by atoms with van der Waals surface area (Å²) in [6, 6.07) is 8.37. The maximum atomic E-state index is 11.4. The second kappa shape index (κ2) is 7.91. The van der Waals surface area contributed by atoms with E-state index in [4.69, 9.17) is 9.84 Å². The number of hydrogen-bond donors (Lipinski definition) is 2. The molecule has 0 saturated heterocycles. The molecule has 2 N–H and O–H groups in total. The van der Waals surface area contributed by atoms with E-state index < -0.39 is 16.8 Å². The monoisotopic (exact) mass is 329 g/mol. The second-order valence-electron chi connectivity index (χ2n) is 4.02. The van der Waals surface area contributed by atoms with E-state index in [2.05, 4.69) is 21.2 Å². The highest BCUT2D eigenvalue weighted by Crippen LogP contribution is 2.02. The molecule has 5 nitrogen and oxygen atoms in total. The molecule has 0 spiro atoms. The van der Waals surface area contributed by atoms with Crippen LogP contribution < -0.4 is 5.32 Å². The van der Waals surface area contributed by atoms with Crippen molar-refractivity contribution >= 4 is 27.8 Å². The largest absolute Gasteiger partial charge is 0.480 e. The minimum atomic E-state index is -1.12. The van der Waals surface area contributed by atoms with Crippen molar-refractivity contribution < 1.29 is 19.4 Å². The van der Waals surface area contributed by atoms with Crippen molar-refractivity contribution in [2.45, 2.75) is 24.4 Å². The standard InChI is InChI=1S/C13H16BrNO4/c1-9(14)12(16)15-11(13(17)18)8-19-7-10-5-3-2-4-6-10/h2-6,9,11H,7-8H2,1H3,(H,15,16)(H,17,18)/t9?,11-/m0/s1. The molecule has 0 radical (unpaired) electrons. The molecular weight excluding hydrogens is 314 g/mol. The fourth-order valence-corrected chi connectivity index (χ4v) is 1.46. The van der Waals surface area contributed by atoms with Crippen LogP contribution in [0.1, 0.15) is 12.5 Å². The summed E-state index contributed by atoms with van der Waals surface area (Å²) in [7, 11) is 0. The fourth-order valence-electron chi connectivity index (χ4n) is 1.33. The Morgan fingerprint density at radius 2 is 2.00 bits per heavy atom. The predicted molar refractivity (Wildman–Crippen MR) is 74.1 cm³/mol. The van der Waals surface area contributed by atoms with E-state index in [-0.39, 0.29) is 12.5 Å². The normalized spacial score (nSPS) is 13.6. The zero-order chi connectivity index (χ0) is 14.3. The van der Waals surface area contributed by atoms with E-state index >= 15 is 0 Å². The van der Waals surface area contributed by atoms with Crippen LogP contribution in [0.2, 0.25) is 0 Å². The van der Waals surface area contributed by atoms with Crippen LogP contribution in [0, 0.1) is 0 Å². The number of aliphatic carboxylic acids is 1. The van der Waals surface area contributed by atoms with Gasteiger partial charge in [0.1, 0.15) is 0 Å². The van der Waals surface area contributed by atoms with Crippen molar-refractivity contribution in [3.63, 3.8) is 0 Å². The molecule has 1 unspecified atom stereocenters. The lowest BCUT2D eigenvalue weighted by Gasteiger charge is -2.15. The quantitative estimate of drug-likeness (QED) is 0.744. The lowest BCUT2D eigenvalue weighted by molar-refractivity contribution is -0.143. The Labute approximate surface area is 120 Å². The Balaban J connectivity index is 2.42. The van der Waals surface area contributed by atoms with Gasteiger partial charge in [-0.3, -0.25) is 4.79 Å². The summed E-state index contributed by atoms with van der Waals surface area (Å²) in [5, 5.41) is 11.4. The van der Waals surface area contributed by atoms with Crippen LogP contribution in [-0.4, -0.2) is 34.5 Å². The summed E-state index contributed by atoms with van der Waals surface area (Å²) < 4.78 is 5.31. The molecule has 0 saturated carbocycles. The van der Waals surface area contributed by atoms with Crippen LogP contribution in [0.3, 0.4) is 0 Å². The molecule has 19 heavy (non-hydrogen) atoms. The fraction of sp³-hybridized carbons (Fsp3) is 0.385. The molecule has 1 aromatic carbocycles. The number of carboxylic acid groups (broad SMARTS) is 1. The Bertz CT molecular complexity index is 422. The van der Waals surface area contributed by atoms with Gasteiger partial charge in [-0.15, -0.1) is 0 Å². The van der Waals surface area contributed by atoms with Crippen LogP contribution in [-0.2, 0) is 20.9 Å². The minimum absolute atomic E-state index is 0.0737. The van der Waals surface area contributed by atoms with Gasteiger partial charge in [-0.25, -0.2) is 4.79 Å². The Hall–Kier alpha value is -1.40. The maximum Gasteiger partial charge on any atom is 0.328 e. The molecule has 0 aliphatic rings. The van der Waals surface area contributed by atoms with Crippen LogP contribution in [0.25, 0.3) is 0 Å². The van der Waals surface area contributed by atoms with Gasteiger partial charge in [0.05, 0.1) is 18.0 Å². The number of rotatable bonds is 7. The van der Waals surface area contributed by atoms with Crippen LogP contribution in [0.4, 0.5) is 0 Å². The Morgan fingerprint density at radius 1 is 1.37 bits per heavy atom. The summed E-state index contributed by atoms with van der Waals surface area (Å²) in [5.74, 6) is -1.50. The van der Waals surface area contributed by atoms with Crippen molar-refractivity contribution in [2.24, 2.45) is 0 Å². The third-order valence-corrected chi connectivity index (χ3v) is 2.79. The van der Waals surface area contributed by atoms with Gasteiger partial charge in [-0.2, -0.15) is 0 Å². The molecule has 6 heteroatoms. The van der Waals surface area contributed by atoms with Crippen molar-refractivity contribution in [1.82, 2.24) is 5.32 Å². The Kier molecular flexibility index (Phi) is 6.52. The summed E-state index contributed by atoms with van der Waals surface area (Å²) in [4.78, 5) is 22.0. The maximum absolute atomic E-state index is 11.4. The molecule has 0 heterocycles. The molecule has 0 aromatic heterocycles. The highest BCUT2D eigenvalue weighted by Gasteiger charge is 2.21. The first-order valence-corrected chi connectivity index (χ1v) is 6.71. The van der Waals surface area contributed by atoms with Crippen LogP contribution >= 0.6 is 15.9 Å². The summed E-state index contributed by atoms with van der Waals surface area (Å²) in [5.41, 5.74) is 0.951. The average Bonchev–Trinajstić information content (AvgIpc) is 2.38. The van der Waals surface area contributed by atoms with Crippen molar-refractivity contribution in [1.29, 1.82) is 0 Å². The number of amides is 1. The molecule has 1 amide bonds. The smallest absolute Gasteiger partial charge is 0.328 e. The molecule has 0 fully saturated rings. The van der Waals surface area contributed by atoms with E-state index in [0.29, 0.717) is 6.61 Å². The third-order valence-electron chi connectivity index (χ3n) is 2.37. The van der Waals surface area contributed by atoms with E-state index in [1.807, 2.05) is 30.3 Å². The number of hydrogen-bond acceptors (Lipinski definition) is 3. The van der Waals surface area contributed by atoms with Gasteiger partial charge in [0, 0.05) is 0 Å². The zero-order valence-electron chi connectivity index (χ0n) is 10.5. The predicted octanol–water partition coefficient (Wildman–Crippen LogP) is 1.56. The van der Waals surface area contributed by atoms with Crippen LogP contribution in [0.5, 0.6) is 0 Å². The molecule has 1 rings (SSSR count). The third kappa shape index (κ3) is 5.85. The number of ether oxygens (including phenoxy) is 1. The van der Waals surface area contributed by atoms with Crippen LogP contribution in [0.15, 0.2) is 30.3 Å². The Morgan fingerprint density at radius 3 is 2.53 bits per heavy atom. The summed E-state index contributed by atoms with van der Waals surface area (Å²) in [6.45, 7) is 1.86. The summed E-state index contributed by atoms with van der Waals surface area (Å²) >= 11 is 3.08. The zero-order valence-corrected chi connectivity index (χ0v) is 12.1. The highest BCUT2D eigenvalue weighted by atomic mass is 79.9. The number of carbonyl (C=O) groups is 2. The average molecular weight is 330 g/mol. The van der Waals surface area contributed by atoms with Crippen molar-refractivity contribution in [3.05, 3.63) is 35.9 Å². The number of carbonyl (C=O) groups excluding carboxylic acids is 1. The van der Waals surface area contributed by atoms with Crippen molar-refractivity contribution in [2.75, 3.05) is 6.61 Å². The lowest BCUT2D eigenvalue weighted by atomic mass is 10.2. The number of benzene rings is 1. The van der Waals surface area contributed by atoms with Gasteiger partial charge >= 0.3 is 5.97 Å². The second-order valence-corrected chi connectivity index (χ2v) is 5.39. The topological polar surface area (TPSA) is 75.6 Å². The highest BCUT2D eigenvalue weighted by molar-refractivity contribution is 9.10. The number of nitrogens with one attached hydrogen (secondary N) is 1. The van der Waals surface area contributed by atoms with E-state index in [9.17, 15) is 9.59 Å². The minimum Gasteiger partial charge on any atom is -0.480 e. The van der Waals surface area contributed by atoms with E-state index in [0.717, 1.165) is 5.56 Å². The van der Waals surface area contributed by atoms with Gasteiger partial charge in [-0.05, 0) is 12.5 Å². The molecule has 104 valence electrons. The number of carboxylic acids is 1. The molecule has 2 atom stereocenters. The molecule has 0 aliphatic heterocycles. The number of halogens is 1. The van der Waals surface area contributed by atoms with Gasteiger partial charge in [-0.1, -0.05) is 46.3 Å². The van der Waals surface area contributed by atoms with E-state index in [1.54, 1.807) is 6.92 Å². The molecule has 0 bridgehead atoms.